The Bertz CT molecular complexity index is 182. The largest absolute Gasteiger partial charge is 0.383 e. The number of halogens is 1. The average molecular weight is 308 g/mol. The van der Waals surface area contributed by atoms with E-state index in [0.717, 1.165) is 24.6 Å². The van der Waals surface area contributed by atoms with Gasteiger partial charge in [-0.05, 0) is 12.8 Å². The van der Waals surface area contributed by atoms with Gasteiger partial charge in [0.15, 0.2) is 0 Å². The summed E-state index contributed by atoms with van der Waals surface area (Å²) in [6, 6.07) is 0.141. The van der Waals surface area contributed by atoms with Gasteiger partial charge in [-0.1, -0.05) is 48.5 Å². The van der Waals surface area contributed by atoms with Crippen molar-refractivity contribution in [3.63, 3.8) is 0 Å². The van der Waals surface area contributed by atoms with Gasteiger partial charge in [0.25, 0.3) is 0 Å². The minimum atomic E-state index is 0.141. The number of amides is 1. The second kappa shape index (κ2) is 12.4. The Hall–Kier alpha value is -0.0900. The number of hydrogen-bond donors (Lipinski definition) is 1. The normalized spacial score (nSPS) is 12.4. The smallest absolute Gasteiger partial charge is 0.220 e. The number of nitrogens with one attached hydrogen (secondary N) is 1. The maximum atomic E-state index is 11.7. The highest BCUT2D eigenvalue weighted by atomic mass is 79.9. The summed E-state index contributed by atoms with van der Waals surface area (Å²) in [6.07, 6.45) is 7.48. The first kappa shape index (κ1) is 16.9. The highest BCUT2D eigenvalue weighted by Gasteiger charge is 2.10. The van der Waals surface area contributed by atoms with Gasteiger partial charge in [0.1, 0.15) is 0 Å². The quantitative estimate of drug-likeness (QED) is 0.470. The summed E-state index contributed by atoms with van der Waals surface area (Å²) in [7, 11) is 1.66. The Kier molecular flexibility index (Phi) is 12.3. The van der Waals surface area contributed by atoms with Crippen molar-refractivity contribution in [2.75, 3.05) is 19.0 Å². The summed E-state index contributed by atoms with van der Waals surface area (Å²) in [4.78, 5) is 11.7. The third-order valence-corrected chi connectivity index (χ3v) is 3.16. The van der Waals surface area contributed by atoms with Gasteiger partial charge in [-0.15, -0.1) is 0 Å². The Morgan fingerprint density at radius 2 is 2.00 bits per heavy atom. The summed E-state index contributed by atoms with van der Waals surface area (Å²) >= 11 is 3.38. The van der Waals surface area contributed by atoms with Crippen molar-refractivity contribution in [2.24, 2.45) is 0 Å². The fraction of sp³-hybridized carbons (Fsp3) is 0.923. The number of hydrogen-bond acceptors (Lipinski definition) is 2. The first-order valence-corrected chi connectivity index (χ1v) is 7.71. The minimum Gasteiger partial charge on any atom is -0.383 e. The zero-order valence-corrected chi connectivity index (χ0v) is 12.7. The number of ether oxygens (including phenoxy) is 1. The van der Waals surface area contributed by atoms with E-state index in [0.29, 0.717) is 13.0 Å². The van der Waals surface area contributed by atoms with Gasteiger partial charge in [0, 0.05) is 18.9 Å². The molecule has 0 saturated heterocycles. The Balaban J connectivity index is 3.59. The van der Waals surface area contributed by atoms with Gasteiger partial charge in [0.05, 0.1) is 12.6 Å². The molecule has 3 nitrogen and oxygen atoms in total. The van der Waals surface area contributed by atoms with Gasteiger partial charge in [-0.25, -0.2) is 0 Å². The van der Waals surface area contributed by atoms with Crippen LogP contribution in [0.1, 0.15) is 51.9 Å². The number of alkyl halides is 1. The van der Waals surface area contributed by atoms with Crippen LogP contribution in [0.4, 0.5) is 0 Å². The molecular weight excluding hydrogens is 282 g/mol. The van der Waals surface area contributed by atoms with Crippen molar-refractivity contribution in [3.8, 4) is 0 Å². The first-order valence-electron chi connectivity index (χ1n) is 6.58. The van der Waals surface area contributed by atoms with Crippen LogP contribution in [-0.2, 0) is 9.53 Å². The summed E-state index contributed by atoms with van der Waals surface area (Å²) in [5.74, 6) is 0.157. The lowest BCUT2D eigenvalue weighted by Crippen LogP contribution is -2.38. The van der Waals surface area contributed by atoms with Crippen LogP contribution in [0.25, 0.3) is 0 Å². The van der Waals surface area contributed by atoms with E-state index in [-0.39, 0.29) is 11.9 Å². The first-order chi connectivity index (χ1) is 8.24. The van der Waals surface area contributed by atoms with Gasteiger partial charge in [0.2, 0.25) is 5.91 Å². The maximum Gasteiger partial charge on any atom is 0.220 e. The van der Waals surface area contributed by atoms with Gasteiger partial charge >= 0.3 is 0 Å². The van der Waals surface area contributed by atoms with Crippen molar-refractivity contribution in [3.05, 3.63) is 0 Å². The van der Waals surface area contributed by atoms with Crippen molar-refractivity contribution < 1.29 is 9.53 Å². The van der Waals surface area contributed by atoms with E-state index < -0.39 is 0 Å². The highest BCUT2D eigenvalue weighted by molar-refractivity contribution is 9.09. The number of unbranched alkanes of at least 4 members (excludes halogenated alkanes) is 4. The molecule has 0 aliphatic carbocycles. The molecule has 0 spiro atoms. The van der Waals surface area contributed by atoms with Crippen molar-refractivity contribution in [2.45, 2.75) is 57.9 Å². The summed E-state index contributed by atoms with van der Waals surface area (Å²) in [5, 5.41) is 3.90. The lowest BCUT2D eigenvalue weighted by Gasteiger charge is -2.16. The molecular formula is C13H26BrNO2. The van der Waals surface area contributed by atoms with E-state index in [9.17, 15) is 4.79 Å². The van der Waals surface area contributed by atoms with E-state index in [4.69, 9.17) is 4.74 Å². The molecule has 1 unspecified atom stereocenters. The standard InChI is InChI=1S/C13H26BrNO2/c1-3-4-5-6-7-8-13(16)15-12(9-10-14)11-17-2/h12H,3-11H2,1-2H3,(H,15,16). The lowest BCUT2D eigenvalue weighted by atomic mass is 10.1. The zero-order valence-electron chi connectivity index (χ0n) is 11.1. The van der Waals surface area contributed by atoms with Crippen LogP contribution in [0, 0.1) is 0 Å². The molecule has 1 amide bonds. The van der Waals surface area contributed by atoms with Crippen LogP contribution in [0.2, 0.25) is 0 Å². The summed E-state index contributed by atoms with van der Waals surface area (Å²) in [6.45, 7) is 2.79. The Morgan fingerprint density at radius 1 is 1.29 bits per heavy atom. The molecule has 4 heteroatoms. The molecule has 0 radical (unpaired) electrons. The van der Waals surface area contributed by atoms with Crippen LogP contribution in [0.15, 0.2) is 0 Å². The lowest BCUT2D eigenvalue weighted by molar-refractivity contribution is -0.122. The third kappa shape index (κ3) is 10.8. The molecule has 0 heterocycles. The van der Waals surface area contributed by atoms with Gasteiger partial charge in [-0.2, -0.15) is 0 Å². The molecule has 1 atom stereocenters. The molecule has 1 N–H and O–H groups in total. The van der Waals surface area contributed by atoms with Gasteiger partial charge in [-0.3, -0.25) is 4.79 Å². The Morgan fingerprint density at radius 3 is 2.59 bits per heavy atom. The second-order valence-electron chi connectivity index (χ2n) is 4.36. The molecule has 102 valence electrons. The topological polar surface area (TPSA) is 38.3 Å². The van der Waals surface area contributed by atoms with Crippen molar-refractivity contribution >= 4 is 21.8 Å². The van der Waals surface area contributed by atoms with Crippen LogP contribution in [-0.4, -0.2) is 31.0 Å². The molecule has 0 aliphatic heterocycles. The third-order valence-electron chi connectivity index (χ3n) is 2.70. The predicted octanol–water partition coefficient (Wildman–Crippen LogP) is 3.26. The van der Waals surface area contributed by atoms with Crippen LogP contribution in [0.3, 0.4) is 0 Å². The number of methoxy groups -OCH3 is 1. The molecule has 0 aromatic heterocycles. The van der Waals surface area contributed by atoms with Gasteiger partial charge < -0.3 is 10.1 Å². The molecule has 17 heavy (non-hydrogen) atoms. The SMILES string of the molecule is CCCCCCCC(=O)NC(CCBr)COC. The van der Waals surface area contributed by atoms with E-state index in [1.54, 1.807) is 7.11 Å². The summed E-state index contributed by atoms with van der Waals surface area (Å²) < 4.78 is 5.08. The van der Waals surface area contributed by atoms with E-state index in [1.807, 2.05) is 0 Å². The van der Waals surface area contributed by atoms with Crippen molar-refractivity contribution in [1.82, 2.24) is 5.32 Å². The minimum absolute atomic E-state index is 0.141. The van der Waals surface area contributed by atoms with E-state index >= 15 is 0 Å². The van der Waals surface area contributed by atoms with Crippen LogP contribution < -0.4 is 5.32 Å². The predicted molar refractivity (Wildman–Crippen MR) is 75.6 cm³/mol. The van der Waals surface area contributed by atoms with Crippen LogP contribution in [0.5, 0.6) is 0 Å². The van der Waals surface area contributed by atoms with Crippen molar-refractivity contribution in [1.29, 1.82) is 0 Å². The van der Waals surface area contributed by atoms with E-state index in [2.05, 4.69) is 28.2 Å². The zero-order chi connectivity index (χ0) is 12.9. The molecule has 0 rings (SSSR count). The molecule has 0 aromatic carbocycles. The fourth-order valence-electron chi connectivity index (χ4n) is 1.72. The molecule has 0 fully saturated rings. The fourth-order valence-corrected chi connectivity index (χ4v) is 2.27. The number of carbonyl (C=O) groups excluding carboxylic acids is 1. The Labute approximate surface area is 114 Å². The summed E-state index contributed by atoms with van der Waals surface area (Å²) in [5.41, 5.74) is 0. The maximum absolute atomic E-state index is 11.7. The molecule has 0 aromatic rings. The molecule has 0 bridgehead atoms. The highest BCUT2D eigenvalue weighted by Crippen LogP contribution is 2.05. The second-order valence-corrected chi connectivity index (χ2v) is 5.15. The molecule has 0 saturated carbocycles. The number of rotatable bonds is 11. The van der Waals surface area contributed by atoms with Crippen LogP contribution >= 0.6 is 15.9 Å². The average Bonchev–Trinajstić information content (AvgIpc) is 2.29. The molecule has 0 aliphatic rings. The number of carbonyl (C=O) groups is 1. The monoisotopic (exact) mass is 307 g/mol. The van der Waals surface area contributed by atoms with E-state index in [1.165, 1.54) is 19.3 Å².